The monoisotopic (exact) mass is 389 g/mol. The highest BCUT2D eigenvalue weighted by molar-refractivity contribution is 6.04. The number of hydrogen-bond donors (Lipinski definition) is 1. The number of benzene rings is 2. The van der Waals surface area contributed by atoms with Crippen molar-refractivity contribution in [3.8, 4) is 5.75 Å². The molecule has 0 saturated heterocycles. The topological polar surface area (TPSA) is 72.7 Å². The molecule has 0 atom stereocenters. The summed E-state index contributed by atoms with van der Waals surface area (Å²) in [5.41, 5.74) is 1.84. The van der Waals surface area contributed by atoms with Crippen molar-refractivity contribution in [1.82, 2.24) is 9.38 Å². The maximum Gasteiger partial charge on any atom is 0.258 e. The van der Waals surface area contributed by atoms with Gasteiger partial charge in [-0.3, -0.25) is 14.0 Å². The van der Waals surface area contributed by atoms with Crippen molar-refractivity contribution in [2.24, 2.45) is 0 Å². The number of carbonyl (C=O) groups excluding carboxylic acids is 1. The second kappa shape index (κ2) is 7.93. The molecule has 0 aliphatic heterocycles. The number of ether oxygens (including phenoxy) is 1. The summed E-state index contributed by atoms with van der Waals surface area (Å²) >= 11 is 0. The number of nitrogens with zero attached hydrogens (tertiary/aromatic N) is 2. The number of halogens is 1. The van der Waals surface area contributed by atoms with Gasteiger partial charge in [-0.25, -0.2) is 9.37 Å². The average Bonchev–Trinajstić information content (AvgIpc) is 2.74. The Morgan fingerprint density at radius 1 is 1.03 bits per heavy atom. The smallest absolute Gasteiger partial charge is 0.258 e. The molecule has 0 bridgehead atoms. The molecule has 29 heavy (non-hydrogen) atoms. The molecule has 0 aliphatic rings. The lowest BCUT2D eigenvalue weighted by atomic mass is 10.2. The van der Waals surface area contributed by atoms with Crippen LogP contribution in [0.3, 0.4) is 0 Å². The van der Waals surface area contributed by atoms with E-state index in [-0.39, 0.29) is 18.1 Å². The number of rotatable bonds is 5. The molecule has 2 aromatic heterocycles. The van der Waals surface area contributed by atoms with E-state index in [1.165, 1.54) is 34.7 Å². The van der Waals surface area contributed by atoms with E-state index in [9.17, 15) is 14.0 Å². The average molecular weight is 389 g/mol. The number of hydrogen-bond acceptors (Lipinski definition) is 4. The summed E-state index contributed by atoms with van der Waals surface area (Å²) in [4.78, 5) is 28.7. The van der Waals surface area contributed by atoms with Crippen LogP contribution in [0, 0.1) is 5.82 Å². The largest absolute Gasteiger partial charge is 0.487 e. The molecule has 0 aliphatic carbocycles. The molecule has 1 amide bonds. The van der Waals surface area contributed by atoms with Gasteiger partial charge in [0.2, 0.25) is 0 Å². The third-order valence-corrected chi connectivity index (χ3v) is 4.23. The van der Waals surface area contributed by atoms with Crippen molar-refractivity contribution in [3.63, 3.8) is 0 Å². The van der Waals surface area contributed by atoms with Crippen LogP contribution in [-0.4, -0.2) is 15.3 Å². The summed E-state index contributed by atoms with van der Waals surface area (Å²) in [6, 6.07) is 18.9. The zero-order valence-electron chi connectivity index (χ0n) is 15.2. The van der Waals surface area contributed by atoms with Gasteiger partial charge in [-0.05, 0) is 60.7 Å². The summed E-state index contributed by atoms with van der Waals surface area (Å²) in [7, 11) is 0. The first-order chi connectivity index (χ1) is 14.1. The molecule has 144 valence electrons. The lowest BCUT2D eigenvalue weighted by Gasteiger charge is -2.09. The van der Waals surface area contributed by atoms with Gasteiger partial charge in [-0.1, -0.05) is 6.07 Å². The first-order valence-corrected chi connectivity index (χ1v) is 8.85. The van der Waals surface area contributed by atoms with Gasteiger partial charge in [0.1, 0.15) is 23.8 Å². The Hall–Kier alpha value is -4.00. The van der Waals surface area contributed by atoms with Gasteiger partial charge in [0.15, 0.2) is 0 Å². The minimum absolute atomic E-state index is 0.141. The fourth-order valence-electron chi connectivity index (χ4n) is 2.77. The van der Waals surface area contributed by atoms with Gasteiger partial charge in [0, 0.05) is 23.5 Å². The van der Waals surface area contributed by atoms with E-state index in [2.05, 4.69) is 10.3 Å². The van der Waals surface area contributed by atoms with E-state index < -0.39 is 5.82 Å². The van der Waals surface area contributed by atoms with Crippen LogP contribution in [0.1, 0.15) is 16.1 Å². The molecule has 2 aromatic carbocycles. The highest BCUT2D eigenvalue weighted by Crippen LogP contribution is 2.17. The Morgan fingerprint density at radius 3 is 2.55 bits per heavy atom. The molecule has 0 fully saturated rings. The second-order valence-corrected chi connectivity index (χ2v) is 6.29. The summed E-state index contributed by atoms with van der Waals surface area (Å²) < 4.78 is 20.1. The molecule has 0 unspecified atom stereocenters. The number of nitrogens with one attached hydrogen (secondary N) is 1. The maximum atomic E-state index is 12.9. The highest BCUT2D eigenvalue weighted by atomic mass is 19.1. The van der Waals surface area contributed by atoms with Crippen LogP contribution in [0.25, 0.3) is 5.65 Å². The van der Waals surface area contributed by atoms with Gasteiger partial charge < -0.3 is 10.1 Å². The normalized spacial score (nSPS) is 10.7. The molecule has 0 spiro atoms. The third kappa shape index (κ3) is 4.30. The van der Waals surface area contributed by atoms with Gasteiger partial charge in [0.25, 0.3) is 11.5 Å². The number of anilines is 1. The highest BCUT2D eigenvalue weighted by Gasteiger charge is 2.07. The first kappa shape index (κ1) is 18.4. The SMILES string of the molecule is O=C(Nc1ccc(OCc2cc(=O)n3ccccc3n2)cc1)c1ccc(F)cc1. The molecule has 2 heterocycles. The predicted octanol–water partition coefficient (Wildman–Crippen LogP) is 3.66. The molecule has 6 nitrogen and oxygen atoms in total. The van der Waals surface area contributed by atoms with Crippen LogP contribution in [0.4, 0.5) is 10.1 Å². The lowest BCUT2D eigenvalue weighted by Crippen LogP contribution is -2.16. The fourth-order valence-corrected chi connectivity index (χ4v) is 2.77. The molecule has 0 saturated carbocycles. The number of amides is 1. The Balaban J connectivity index is 1.40. The summed E-state index contributed by atoms with van der Waals surface area (Å²) in [6.07, 6.45) is 1.66. The number of aromatic nitrogens is 2. The van der Waals surface area contributed by atoms with Crippen LogP contribution < -0.4 is 15.6 Å². The molecule has 1 N–H and O–H groups in total. The van der Waals surface area contributed by atoms with Crippen LogP contribution in [0.5, 0.6) is 5.75 Å². The Labute approximate surface area is 165 Å². The lowest BCUT2D eigenvalue weighted by molar-refractivity contribution is 0.102. The Bertz CT molecular complexity index is 1220. The van der Waals surface area contributed by atoms with Crippen molar-refractivity contribution in [2.45, 2.75) is 6.61 Å². The minimum Gasteiger partial charge on any atom is -0.487 e. The number of fused-ring (bicyclic) bond motifs is 1. The van der Waals surface area contributed by atoms with Crippen molar-refractivity contribution < 1.29 is 13.9 Å². The molecule has 4 rings (SSSR count). The molecule has 7 heteroatoms. The Kier molecular flexibility index (Phi) is 5.03. The van der Waals surface area contributed by atoms with Crippen molar-refractivity contribution in [2.75, 3.05) is 5.32 Å². The molecule has 4 aromatic rings. The standard InChI is InChI=1S/C22H16FN3O3/c23-16-6-4-15(5-7-16)22(28)25-17-8-10-19(11-9-17)29-14-18-13-21(27)26-12-2-1-3-20(26)24-18/h1-13H,14H2,(H,25,28). The number of pyridine rings is 1. The predicted molar refractivity (Wildman–Crippen MR) is 107 cm³/mol. The van der Waals surface area contributed by atoms with Crippen molar-refractivity contribution in [3.05, 3.63) is 106 Å². The van der Waals surface area contributed by atoms with Gasteiger partial charge >= 0.3 is 0 Å². The summed E-state index contributed by atoms with van der Waals surface area (Å²) in [5.74, 6) is -0.161. The fraction of sp³-hybridized carbons (Fsp3) is 0.0455. The molecular formula is C22H16FN3O3. The van der Waals surface area contributed by atoms with Crippen LogP contribution >= 0.6 is 0 Å². The summed E-state index contributed by atoms with van der Waals surface area (Å²) in [6.45, 7) is 0.141. The minimum atomic E-state index is -0.397. The third-order valence-electron chi connectivity index (χ3n) is 4.23. The van der Waals surface area contributed by atoms with E-state index >= 15 is 0 Å². The second-order valence-electron chi connectivity index (χ2n) is 6.29. The zero-order chi connectivity index (χ0) is 20.2. The van der Waals surface area contributed by atoms with E-state index in [0.717, 1.165) is 0 Å². The van der Waals surface area contributed by atoms with Crippen LogP contribution in [0.15, 0.2) is 83.8 Å². The first-order valence-electron chi connectivity index (χ1n) is 8.85. The molecular weight excluding hydrogens is 373 g/mol. The zero-order valence-corrected chi connectivity index (χ0v) is 15.2. The quantitative estimate of drug-likeness (QED) is 0.565. The van der Waals surface area contributed by atoms with Gasteiger partial charge in [0.05, 0.1) is 5.69 Å². The van der Waals surface area contributed by atoms with Crippen molar-refractivity contribution >= 4 is 17.2 Å². The van der Waals surface area contributed by atoms with Crippen LogP contribution in [-0.2, 0) is 6.61 Å². The maximum absolute atomic E-state index is 12.9. The number of carbonyl (C=O) groups is 1. The van der Waals surface area contributed by atoms with E-state index in [1.54, 1.807) is 42.6 Å². The van der Waals surface area contributed by atoms with Gasteiger partial charge in [-0.2, -0.15) is 0 Å². The van der Waals surface area contributed by atoms with E-state index in [1.807, 2.05) is 6.07 Å². The van der Waals surface area contributed by atoms with E-state index in [4.69, 9.17) is 4.74 Å². The van der Waals surface area contributed by atoms with Crippen molar-refractivity contribution in [1.29, 1.82) is 0 Å². The van der Waals surface area contributed by atoms with Gasteiger partial charge in [-0.15, -0.1) is 0 Å². The van der Waals surface area contributed by atoms with Crippen LogP contribution in [0.2, 0.25) is 0 Å². The summed E-state index contributed by atoms with van der Waals surface area (Å²) in [5, 5.41) is 2.73. The molecule has 0 radical (unpaired) electrons. The Morgan fingerprint density at radius 2 is 1.79 bits per heavy atom. The van der Waals surface area contributed by atoms with E-state index in [0.29, 0.717) is 28.3 Å².